The van der Waals surface area contributed by atoms with E-state index >= 15 is 0 Å². The van der Waals surface area contributed by atoms with E-state index in [0.29, 0.717) is 18.9 Å². The van der Waals surface area contributed by atoms with Crippen LogP contribution in [0.1, 0.15) is 48.0 Å². The van der Waals surface area contributed by atoms with Crippen LogP contribution in [-0.4, -0.2) is 29.4 Å². The lowest BCUT2D eigenvalue weighted by atomic mass is 10.0. The highest BCUT2D eigenvalue weighted by Crippen LogP contribution is 2.20. The van der Waals surface area contributed by atoms with Crippen LogP contribution in [0, 0.1) is 5.92 Å². The minimum Gasteiger partial charge on any atom is -0.379 e. The number of hydrogen-bond acceptors (Lipinski definition) is 3. The largest absolute Gasteiger partial charge is 0.379 e. The molecule has 0 aliphatic heterocycles. The molecule has 1 N–H and O–H groups in total. The van der Waals surface area contributed by atoms with E-state index in [4.69, 9.17) is 4.74 Å². The highest BCUT2D eigenvalue weighted by atomic mass is 32.1. The van der Waals surface area contributed by atoms with Crippen LogP contribution in [0.2, 0.25) is 0 Å². The lowest BCUT2D eigenvalue weighted by Crippen LogP contribution is -2.46. The van der Waals surface area contributed by atoms with Crippen LogP contribution in [0.3, 0.4) is 0 Å². The second-order valence-corrected chi connectivity index (χ2v) is 6.44. The Bertz CT molecular complexity index is 240. The Labute approximate surface area is 111 Å². The SMILES string of the molecule is CC(C)OCCC(C)(S)C(=O)NC(C)C(C)C. The molecule has 0 bridgehead atoms. The summed E-state index contributed by atoms with van der Waals surface area (Å²) < 4.78 is 4.78. The Hall–Kier alpha value is -0.220. The third-order valence-electron chi connectivity index (χ3n) is 2.89. The quantitative estimate of drug-likeness (QED) is 0.692. The number of hydrogen-bond donors (Lipinski definition) is 2. The third kappa shape index (κ3) is 6.94. The second kappa shape index (κ2) is 7.27. The van der Waals surface area contributed by atoms with Crippen LogP contribution in [0.25, 0.3) is 0 Å². The normalized spacial score (nSPS) is 17.0. The van der Waals surface area contributed by atoms with Gasteiger partial charge in [-0.15, -0.1) is 0 Å². The maximum atomic E-state index is 12.0. The van der Waals surface area contributed by atoms with Gasteiger partial charge in [-0.05, 0) is 40.0 Å². The fourth-order valence-corrected chi connectivity index (χ4v) is 1.29. The zero-order valence-corrected chi connectivity index (χ0v) is 12.8. The third-order valence-corrected chi connectivity index (χ3v) is 3.31. The molecular weight excluding hydrogens is 234 g/mol. The zero-order chi connectivity index (χ0) is 13.6. The van der Waals surface area contributed by atoms with Crippen molar-refractivity contribution in [1.82, 2.24) is 5.32 Å². The Morgan fingerprint density at radius 3 is 2.24 bits per heavy atom. The van der Waals surface area contributed by atoms with E-state index in [9.17, 15) is 4.79 Å². The zero-order valence-electron chi connectivity index (χ0n) is 11.9. The van der Waals surface area contributed by atoms with Gasteiger partial charge in [-0.3, -0.25) is 4.79 Å². The summed E-state index contributed by atoms with van der Waals surface area (Å²) in [7, 11) is 0. The van der Waals surface area contributed by atoms with Crippen molar-refractivity contribution in [2.45, 2.75) is 64.9 Å². The molecule has 0 rings (SSSR count). The molecule has 2 unspecified atom stereocenters. The van der Waals surface area contributed by atoms with Gasteiger partial charge in [-0.25, -0.2) is 0 Å². The van der Waals surface area contributed by atoms with E-state index in [2.05, 4.69) is 31.8 Å². The first-order valence-electron chi connectivity index (χ1n) is 6.31. The number of carbonyl (C=O) groups is 1. The van der Waals surface area contributed by atoms with Crippen LogP contribution >= 0.6 is 12.6 Å². The van der Waals surface area contributed by atoms with Gasteiger partial charge in [-0.2, -0.15) is 12.6 Å². The smallest absolute Gasteiger partial charge is 0.235 e. The predicted molar refractivity (Wildman–Crippen MR) is 75.5 cm³/mol. The van der Waals surface area contributed by atoms with Crippen molar-refractivity contribution in [3.05, 3.63) is 0 Å². The molecule has 0 aromatic heterocycles. The summed E-state index contributed by atoms with van der Waals surface area (Å²) >= 11 is 4.44. The summed E-state index contributed by atoms with van der Waals surface area (Å²) in [5, 5.41) is 2.99. The van der Waals surface area contributed by atoms with Crippen molar-refractivity contribution in [2.75, 3.05) is 6.61 Å². The van der Waals surface area contributed by atoms with E-state index < -0.39 is 4.75 Å². The molecule has 0 spiro atoms. The van der Waals surface area contributed by atoms with Gasteiger partial charge >= 0.3 is 0 Å². The van der Waals surface area contributed by atoms with E-state index in [1.165, 1.54) is 0 Å². The van der Waals surface area contributed by atoms with Crippen molar-refractivity contribution in [3.8, 4) is 0 Å². The predicted octanol–water partition coefficient (Wildman–Crippen LogP) is 2.65. The molecule has 0 aliphatic rings. The van der Waals surface area contributed by atoms with Gasteiger partial charge in [0.15, 0.2) is 0 Å². The topological polar surface area (TPSA) is 38.3 Å². The van der Waals surface area contributed by atoms with Crippen LogP contribution in [-0.2, 0) is 9.53 Å². The van der Waals surface area contributed by atoms with Gasteiger partial charge in [0, 0.05) is 12.6 Å². The summed E-state index contributed by atoms with van der Waals surface area (Å²) in [6.45, 7) is 12.5. The molecule has 0 radical (unpaired) electrons. The monoisotopic (exact) mass is 261 g/mol. The highest BCUT2D eigenvalue weighted by molar-refractivity contribution is 7.82. The summed E-state index contributed by atoms with van der Waals surface area (Å²) in [5.41, 5.74) is 0. The van der Waals surface area contributed by atoms with Gasteiger partial charge in [0.25, 0.3) is 0 Å². The molecule has 4 heteroatoms. The standard InChI is InChI=1S/C13H27NO2S/c1-9(2)11(5)14-12(15)13(6,17)7-8-16-10(3)4/h9-11,17H,7-8H2,1-6H3,(H,14,15). The van der Waals surface area contributed by atoms with Crippen LogP contribution in [0.4, 0.5) is 0 Å². The minimum atomic E-state index is -0.669. The molecule has 3 nitrogen and oxygen atoms in total. The fourth-order valence-electron chi connectivity index (χ4n) is 1.14. The molecule has 0 heterocycles. The highest BCUT2D eigenvalue weighted by Gasteiger charge is 2.29. The molecule has 17 heavy (non-hydrogen) atoms. The molecule has 0 aromatic rings. The fraction of sp³-hybridized carbons (Fsp3) is 0.923. The molecule has 0 fully saturated rings. The van der Waals surface area contributed by atoms with Crippen molar-refractivity contribution < 1.29 is 9.53 Å². The Balaban J connectivity index is 4.15. The van der Waals surface area contributed by atoms with Gasteiger partial charge in [-0.1, -0.05) is 13.8 Å². The number of ether oxygens (including phenoxy) is 1. The molecule has 1 amide bonds. The lowest BCUT2D eigenvalue weighted by Gasteiger charge is -2.27. The Morgan fingerprint density at radius 2 is 1.82 bits per heavy atom. The van der Waals surface area contributed by atoms with Crippen molar-refractivity contribution in [2.24, 2.45) is 5.92 Å². The summed E-state index contributed by atoms with van der Waals surface area (Å²) in [6, 6.07) is 0.167. The Kier molecular flexibility index (Phi) is 7.17. The molecule has 0 saturated carbocycles. The van der Waals surface area contributed by atoms with Crippen LogP contribution < -0.4 is 5.32 Å². The molecule has 0 aliphatic carbocycles. The first kappa shape index (κ1) is 16.8. The summed E-state index contributed by atoms with van der Waals surface area (Å²) in [5.74, 6) is 0.407. The number of nitrogens with one attached hydrogen (secondary N) is 1. The van der Waals surface area contributed by atoms with Crippen molar-refractivity contribution in [3.63, 3.8) is 0 Å². The summed E-state index contributed by atoms with van der Waals surface area (Å²) in [6.07, 6.45) is 0.807. The number of thiol groups is 1. The van der Waals surface area contributed by atoms with Gasteiger partial charge in [0.1, 0.15) is 0 Å². The molecule has 2 atom stereocenters. The summed E-state index contributed by atoms with van der Waals surface area (Å²) in [4.78, 5) is 12.0. The van der Waals surface area contributed by atoms with E-state index in [1.54, 1.807) is 0 Å². The maximum Gasteiger partial charge on any atom is 0.235 e. The number of rotatable bonds is 7. The maximum absolute atomic E-state index is 12.0. The Morgan fingerprint density at radius 1 is 1.29 bits per heavy atom. The second-order valence-electron chi connectivity index (χ2n) is 5.45. The average molecular weight is 261 g/mol. The first-order chi connectivity index (χ1) is 7.66. The first-order valence-corrected chi connectivity index (χ1v) is 6.76. The van der Waals surface area contributed by atoms with Gasteiger partial charge in [0.05, 0.1) is 10.9 Å². The number of carbonyl (C=O) groups excluding carboxylic acids is 1. The van der Waals surface area contributed by atoms with Crippen LogP contribution in [0.5, 0.6) is 0 Å². The lowest BCUT2D eigenvalue weighted by molar-refractivity contribution is -0.124. The van der Waals surface area contributed by atoms with Crippen molar-refractivity contribution in [1.29, 1.82) is 0 Å². The van der Waals surface area contributed by atoms with E-state index in [0.717, 1.165) is 0 Å². The van der Waals surface area contributed by atoms with E-state index in [-0.39, 0.29) is 18.1 Å². The van der Waals surface area contributed by atoms with Crippen LogP contribution in [0.15, 0.2) is 0 Å². The average Bonchev–Trinajstić information content (AvgIpc) is 2.16. The molecule has 0 aromatic carbocycles. The van der Waals surface area contributed by atoms with Gasteiger partial charge < -0.3 is 10.1 Å². The molecular formula is C13H27NO2S. The van der Waals surface area contributed by atoms with Gasteiger partial charge in [0.2, 0.25) is 5.91 Å². The van der Waals surface area contributed by atoms with Crippen molar-refractivity contribution >= 4 is 18.5 Å². The molecule has 102 valence electrons. The molecule has 0 saturated heterocycles. The minimum absolute atomic E-state index is 0.0191. The number of amides is 1. The van der Waals surface area contributed by atoms with E-state index in [1.807, 2.05) is 27.7 Å².